The predicted octanol–water partition coefficient (Wildman–Crippen LogP) is 2.09. The molecule has 0 aliphatic rings. The summed E-state index contributed by atoms with van der Waals surface area (Å²) in [7, 11) is 0. The number of carboxylic acids is 1. The number of carboxylic acid groups (broad SMARTS) is 1. The van der Waals surface area contributed by atoms with Crippen molar-refractivity contribution in [2.75, 3.05) is 5.32 Å². The van der Waals surface area contributed by atoms with E-state index in [1.807, 2.05) is 0 Å². The Balaban J connectivity index is 2.05. The van der Waals surface area contributed by atoms with Crippen LogP contribution in [0.25, 0.3) is 0 Å². The van der Waals surface area contributed by atoms with E-state index in [2.05, 4.69) is 15.5 Å². The van der Waals surface area contributed by atoms with Crippen LogP contribution in [0.5, 0.6) is 0 Å². The zero-order chi connectivity index (χ0) is 15.4. The van der Waals surface area contributed by atoms with Crippen LogP contribution in [0.1, 0.15) is 21.2 Å². The number of anilines is 1. The van der Waals surface area contributed by atoms with Gasteiger partial charge in [-0.05, 0) is 12.1 Å². The second-order valence-corrected chi connectivity index (χ2v) is 5.04. The van der Waals surface area contributed by atoms with Crippen molar-refractivity contribution in [2.45, 2.75) is 12.8 Å². The van der Waals surface area contributed by atoms with Crippen LogP contribution in [0.3, 0.4) is 0 Å². The summed E-state index contributed by atoms with van der Waals surface area (Å²) < 4.78 is 26.1. The van der Waals surface area contributed by atoms with Crippen molar-refractivity contribution in [1.29, 1.82) is 0 Å². The Morgan fingerprint density at radius 3 is 2.71 bits per heavy atom. The van der Waals surface area contributed by atoms with Crippen molar-refractivity contribution in [1.82, 2.24) is 10.2 Å². The number of hydrogen-bond acceptors (Lipinski definition) is 5. The third-order valence-corrected chi connectivity index (χ3v) is 3.37. The van der Waals surface area contributed by atoms with Crippen LogP contribution in [0.4, 0.5) is 14.5 Å². The summed E-state index contributed by atoms with van der Waals surface area (Å²) in [5.74, 6) is -3.33. The molecule has 0 bridgehead atoms. The van der Waals surface area contributed by atoms with Crippen molar-refractivity contribution >= 4 is 28.9 Å². The summed E-state index contributed by atoms with van der Waals surface area (Å²) in [6.07, 6.45) is 0.0357. The van der Waals surface area contributed by atoms with E-state index in [9.17, 15) is 18.4 Å². The van der Waals surface area contributed by atoms with Gasteiger partial charge < -0.3 is 10.4 Å². The van der Waals surface area contributed by atoms with Crippen molar-refractivity contribution in [3.05, 3.63) is 39.8 Å². The number of nitrogens with zero attached hydrogens (tertiary/aromatic N) is 2. The molecule has 0 radical (unpaired) electrons. The van der Waals surface area contributed by atoms with E-state index < -0.39 is 23.5 Å². The lowest BCUT2D eigenvalue weighted by molar-refractivity contribution is -0.136. The molecule has 2 aromatic rings. The topological polar surface area (TPSA) is 92.2 Å². The van der Waals surface area contributed by atoms with Gasteiger partial charge in [-0.3, -0.25) is 9.59 Å². The van der Waals surface area contributed by atoms with Gasteiger partial charge in [-0.15, -0.1) is 10.2 Å². The summed E-state index contributed by atoms with van der Waals surface area (Å²) in [5.41, 5.74) is -0.177. The maximum atomic E-state index is 13.4. The summed E-state index contributed by atoms with van der Waals surface area (Å²) in [5, 5.41) is 18.4. The number of aliphatic carboxylic acids is 1. The zero-order valence-corrected chi connectivity index (χ0v) is 11.3. The second-order valence-electron chi connectivity index (χ2n) is 3.97. The Morgan fingerprint density at radius 1 is 1.29 bits per heavy atom. The largest absolute Gasteiger partial charge is 0.481 e. The van der Waals surface area contributed by atoms with Crippen LogP contribution in [0.2, 0.25) is 0 Å². The fraction of sp³-hybridized carbons (Fsp3) is 0.167. The number of hydrogen-bond donors (Lipinski definition) is 2. The molecular formula is C12H9F2N3O3S. The van der Waals surface area contributed by atoms with Crippen molar-refractivity contribution in [2.24, 2.45) is 0 Å². The number of amides is 1. The van der Waals surface area contributed by atoms with E-state index >= 15 is 0 Å². The fourth-order valence-corrected chi connectivity index (χ4v) is 2.16. The molecule has 0 fully saturated rings. The van der Waals surface area contributed by atoms with Crippen LogP contribution in [-0.4, -0.2) is 27.2 Å². The van der Waals surface area contributed by atoms with Gasteiger partial charge in [0.05, 0.1) is 12.1 Å². The third-order valence-electron chi connectivity index (χ3n) is 2.39. The van der Waals surface area contributed by atoms with Gasteiger partial charge in [0.25, 0.3) is 5.91 Å². The molecule has 6 nitrogen and oxygen atoms in total. The number of benzene rings is 1. The van der Waals surface area contributed by atoms with E-state index in [1.165, 1.54) is 0 Å². The van der Waals surface area contributed by atoms with Crippen LogP contribution in [0, 0.1) is 11.6 Å². The molecule has 0 aliphatic carbocycles. The minimum absolute atomic E-state index is 0.0286. The van der Waals surface area contributed by atoms with E-state index in [1.54, 1.807) is 0 Å². The molecule has 9 heteroatoms. The highest BCUT2D eigenvalue weighted by molar-refractivity contribution is 7.13. The Labute approximate surface area is 121 Å². The van der Waals surface area contributed by atoms with E-state index in [0.717, 1.165) is 23.5 Å². The molecule has 1 aromatic heterocycles. The summed E-state index contributed by atoms with van der Waals surface area (Å²) in [6, 6.07) is 2.75. The Morgan fingerprint density at radius 2 is 2.05 bits per heavy atom. The first kappa shape index (κ1) is 15.0. The van der Waals surface area contributed by atoms with Gasteiger partial charge in [-0.25, -0.2) is 8.78 Å². The van der Waals surface area contributed by atoms with Crippen molar-refractivity contribution in [3.8, 4) is 0 Å². The predicted molar refractivity (Wildman–Crippen MR) is 70.2 cm³/mol. The number of carbonyl (C=O) groups excluding carboxylic acids is 1. The minimum Gasteiger partial charge on any atom is -0.481 e. The van der Waals surface area contributed by atoms with Gasteiger partial charge in [0, 0.05) is 12.5 Å². The summed E-state index contributed by atoms with van der Waals surface area (Å²) in [4.78, 5) is 22.2. The van der Waals surface area contributed by atoms with Gasteiger partial charge in [0.1, 0.15) is 16.6 Å². The number of carbonyl (C=O) groups is 2. The zero-order valence-electron chi connectivity index (χ0n) is 10.5. The summed E-state index contributed by atoms with van der Waals surface area (Å²) in [6.45, 7) is 0. The molecule has 0 saturated carbocycles. The van der Waals surface area contributed by atoms with Gasteiger partial charge in [-0.2, -0.15) is 0 Å². The number of aryl methyl sites for hydroxylation is 1. The van der Waals surface area contributed by atoms with E-state index in [-0.39, 0.29) is 23.5 Å². The molecule has 1 amide bonds. The smallest absolute Gasteiger partial charge is 0.303 e. The average Bonchev–Trinajstić information content (AvgIpc) is 2.88. The van der Waals surface area contributed by atoms with Crippen LogP contribution >= 0.6 is 11.3 Å². The van der Waals surface area contributed by atoms with Gasteiger partial charge >= 0.3 is 5.97 Å². The molecule has 0 aliphatic heterocycles. The number of halogens is 2. The molecule has 0 saturated heterocycles. The van der Waals surface area contributed by atoms with Crippen molar-refractivity contribution < 1.29 is 23.5 Å². The van der Waals surface area contributed by atoms with Crippen LogP contribution < -0.4 is 5.32 Å². The quantitative estimate of drug-likeness (QED) is 0.881. The number of nitrogens with one attached hydrogen (secondary N) is 1. The lowest BCUT2D eigenvalue weighted by atomic mass is 10.3. The van der Waals surface area contributed by atoms with Crippen LogP contribution in [0.15, 0.2) is 18.2 Å². The third kappa shape index (κ3) is 4.02. The molecule has 2 N–H and O–H groups in total. The Bertz CT molecular complexity index is 690. The molecule has 21 heavy (non-hydrogen) atoms. The second kappa shape index (κ2) is 6.35. The SMILES string of the molecule is O=C(O)CCc1nnc(C(=O)Nc2ccc(F)cc2F)s1. The Kier molecular flexibility index (Phi) is 4.53. The first-order chi connectivity index (χ1) is 9.95. The highest BCUT2D eigenvalue weighted by Gasteiger charge is 2.15. The number of rotatable bonds is 5. The standard InChI is InChI=1S/C12H9F2N3O3S/c13-6-1-2-8(7(14)5-6)15-11(20)12-17-16-9(21-12)3-4-10(18)19/h1-2,5H,3-4H2,(H,15,20)(H,18,19). The van der Waals surface area contributed by atoms with Gasteiger partial charge in [0.2, 0.25) is 5.01 Å². The fourth-order valence-electron chi connectivity index (χ4n) is 1.43. The van der Waals surface area contributed by atoms with Gasteiger partial charge in [0.15, 0.2) is 0 Å². The normalized spacial score (nSPS) is 10.4. The molecular weight excluding hydrogens is 304 g/mol. The molecule has 0 spiro atoms. The average molecular weight is 313 g/mol. The molecule has 1 heterocycles. The molecule has 1 aromatic carbocycles. The van der Waals surface area contributed by atoms with Crippen LogP contribution in [-0.2, 0) is 11.2 Å². The number of aromatic nitrogens is 2. The molecule has 0 unspecified atom stereocenters. The lowest BCUT2D eigenvalue weighted by Crippen LogP contribution is -2.12. The molecule has 110 valence electrons. The summed E-state index contributed by atoms with van der Waals surface area (Å²) >= 11 is 0.917. The van der Waals surface area contributed by atoms with E-state index in [4.69, 9.17) is 5.11 Å². The first-order valence-electron chi connectivity index (χ1n) is 5.76. The maximum absolute atomic E-state index is 13.4. The van der Waals surface area contributed by atoms with E-state index in [0.29, 0.717) is 11.1 Å². The lowest BCUT2D eigenvalue weighted by Gasteiger charge is -2.03. The highest BCUT2D eigenvalue weighted by Crippen LogP contribution is 2.18. The monoisotopic (exact) mass is 313 g/mol. The maximum Gasteiger partial charge on any atom is 0.303 e. The minimum atomic E-state index is -0.982. The molecule has 0 atom stereocenters. The highest BCUT2D eigenvalue weighted by atomic mass is 32.1. The first-order valence-corrected chi connectivity index (χ1v) is 6.58. The Hall–Kier alpha value is -2.42. The van der Waals surface area contributed by atoms with Gasteiger partial charge in [-0.1, -0.05) is 11.3 Å². The van der Waals surface area contributed by atoms with Crippen molar-refractivity contribution in [3.63, 3.8) is 0 Å². The molecule has 2 rings (SSSR count).